The van der Waals surface area contributed by atoms with Crippen molar-refractivity contribution in [3.05, 3.63) is 48.0 Å². The minimum Gasteiger partial charge on any atom is -0.486 e. The fraction of sp³-hybridized carbons (Fsp3) is 0.364. The number of sulfonamides is 1. The molecule has 0 fully saturated rings. The maximum Gasteiger partial charge on any atom is 0.324 e. The van der Waals surface area contributed by atoms with Gasteiger partial charge in [0.15, 0.2) is 18.1 Å². The summed E-state index contributed by atoms with van der Waals surface area (Å²) in [7, 11) is -4.06. The predicted octanol–water partition coefficient (Wildman–Crippen LogP) is 2.25. The Morgan fingerprint density at radius 3 is 2.44 bits per heavy atom. The van der Waals surface area contributed by atoms with Crippen LogP contribution in [0.25, 0.3) is 0 Å². The Hall–Kier alpha value is -3.11. The van der Waals surface area contributed by atoms with Gasteiger partial charge in [0.25, 0.3) is 5.91 Å². The molecule has 1 heterocycles. The Morgan fingerprint density at radius 2 is 1.75 bits per heavy atom. The number of ether oxygens (including phenoxy) is 3. The van der Waals surface area contributed by atoms with Crippen molar-refractivity contribution in [1.29, 1.82) is 0 Å². The van der Waals surface area contributed by atoms with E-state index in [2.05, 4.69) is 10.0 Å². The normalized spacial score (nSPS) is 14.0. The number of carbonyl (C=O) groups is 2. The summed E-state index contributed by atoms with van der Waals surface area (Å²) in [5, 5.41) is 2.66. The van der Waals surface area contributed by atoms with Crippen LogP contribution in [0.2, 0.25) is 0 Å². The monoisotopic (exact) mass is 462 g/mol. The number of benzene rings is 2. The molecule has 0 aliphatic carbocycles. The summed E-state index contributed by atoms with van der Waals surface area (Å²) in [6.45, 7) is 5.34. The number of aryl methyl sites for hydroxylation is 1. The van der Waals surface area contributed by atoms with Crippen LogP contribution < -0.4 is 19.5 Å². The van der Waals surface area contributed by atoms with Gasteiger partial charge in [-0.05, 0) is 36.6 Å². The molecular formula is C22H26N2O7S. The van der Waals surface area contributed by atoms with E-state index in [4.69, 9.17) is 14.2 Å². The van der Waals surface area contributed by atoms with Gasteiger partial charge in [-0.2, -0.15) is 4.72 Å². The molecule has 3 rings (SSSR count). The first-order chi connectivity index (χ1) is 15.2. The van der Waals surface area contributed by atoms with E-state index in [0.29, 0.717) is 30.4 Å². The first kappa shape index (κ1) is 23.6. The van der Waals surface area contributed by atoms with Crippen molar-refractivity contribution in [2.75, 3.05) is 25.1 Å². The summed E-state index contributed by atoms with van der Waals surface area (Å²) in [5.41, 5.74) is 1.47. The van der Waals surface area contributed by atoms with E-state index >= 15 is 0 Å². The van der Waals surface area contributed by atoms with Crippen LogP contribution in [0, 0.1) is 12.8 Å². The van der Waals surface area contributed by atoms with Gasteiger partial charge in [-0.25, -0.2) is 8.42 Å². The molecule has 1 amide bonds. The molecule has 0 saturated heterocycles. The number of hydrogen-bond donors (Lipinski definition) is 2. The molecule has 0 aromatic heterocycles. The van der Waals surface area contributed by atoms with Crippen LogP contribution in [0.4, 0.5) is 5.69 Å². The van der Waals surface area contributed by atoms with Crippen LogP contribution in [-0.4, -0.2) is 46.2 Å². The second-order valence-corrected chi connectivity index (χ2v) is 9.33. The summed E-state index contributed by atoms with van der Waals surface area (Å²) in [6.07, 6.45) is 0. The van der Waals surface area contributed by atoms with Gasteiger partial charge >= 0.3 is 5.97 Å². The molecule has 0 radical (unpaired) electrons. The molecule has 0 spiro atoms. The summed E-state index contributed by atoms with van der Waals surface area (Å²) in [4.78, 5) is 24.7. The van der Waals surface area contributed by atoms with Gasteiger partial charge in [-0.1, -0.05) is 32.0 Å². The lowest BCUT2D eigenvalue weighted by Gasteiger charge is -2.22. The van der Waals surface area contributed by atoms with Gasteiger partial charge in [-0.15, -0.1) is 0 Å². The molecule has 2 aromatic carbocycles. The smallest absolute Gasteiger partial charge is 0.324 e. The summed E-state index contributed by atoms with van der Waals surface area (Å²) < 4.78 is 44.0. The zero-order valence-corrected chi connectivity index (χ0v) is 18.9. The highest BCUT2D eigenvalue weighted by atomic mass is 32.2. The largest absolute Gasteiger partial charge is 0.486 e. The standard InChI is InChI=1S/C22H26N2O7S/c1-14(2)21(22(26)31-13-20(25)23-17-7-5-4-6-15(17)3)24-32(27,28)16-8-9-18-19(12-16)30-11-10-29-18/h4-9,12,14,21,24H,10-11,13H2,1-3H3,(H,23,25)/t21-/m0/s1. The number of fused-ring (bicyclic) bond motifs is 1. The highest BCUT2D eigenvalue weighted by molar-refractivity contribution is 7.89. The first-order valence-corrected chi connectivity index (χ1v) is 11.6. The fourth-order valence-electron chi connectivity index (χ4n) is 3.01. The Bertz CT molecular complexity index is 1100. The number of hydrogen-bond acceptors (Lipinski definition) is 7. The lowest BCUT2D eigenvalue weighted by Crippen LogP contribution is -2.45. The molecule has 9 nitrogen and oxygen atoms in total. The molecule has 32 heavy (non-hydrogen) atoms. The third-order valence-corrected chi connectivity index (χ3v) is 6.23. The van der Waals surface area contributed by atoms with Crippen molar-refractivity contribution in [3.63, 3.8) is 0 Å². The Kier molecular flexibility index (Phi) is 7.37. The van der Waals surface area contributed by atoms with Crippen LogP contribution in [0.5, 0.6) is 11.5 Å². The van der Waals surface area contributed by atoms with Crippen molar-refractivity contribution in [2.24, 2.45) is 5.92 Å². The molecular weight excluding hydrogens is 436 g/mol. The fourth-order valence-corrected chi connectivity index (χ4v) is 4.36. The van der Waals surface area contributed by atoms with E-state index in [9.17, 15) is 18.0 Å². The highest BCUT2D eigenvalue weighted by Gasteiger charge is 2.31. The zero-order valence-electron chi connectivity index (χ0n) is 18.1. The number of amides is 1. The second-order valence-electron chi connectivity index (χ2n) is 7.62. The molecule has 172 valence electrons. The van der Waals surface area contributed by atoms with Crippen molar-refractivity contribution >= 4 is 27.6 Å². The van der Waals surface area contributed by atoms with Gasteiger partial charge in [-0.3, -0.25) is 9.59 Å². The Balaban J connectivity index is 1.64. The number of nitrogens with one attached hydrogen (secondary N) is 2. The third-order valence-electron chi connectivity index (χ3n) is 4.79. The van der Waals surface area contributed by atoms with Crippen molar-refractivity contribution in [2.45, 2.75) is 31.7 Å². The topological polar surface area (TPSA) is 120 Å². The van der Waals surface area contributed by atoms with Crippen LogP contribution in [0.15, 0.2) is 47.4 Å². The van der Waals surface area contributed by atoms with E-state index in [1.165, 1.54) is 18.2 Å². The Morgan fingerprint density at radius 1 is 1.06 bits per heavy atom. The van der Waals surface area contributed by atoms with Crippen LogP contribution in [0.3, 0.4) is 0 Å². The minimum atomic E-state index is -4.06. The van der Waals surface area contributed by atoms with E-state index < -0.39 is 40.5 Å². The molecule has 2 aromatic rings. The SMILES string of the molecule is Cc1ccccc1NC(=O)COC(=O)[C@@H](NS(=O)(=O)c1ccc2c(c1)OCCO2)C(C)C. The van der Waals surface area contributed by atoms with Gasteiger partial charge in [0, 0.05) is 11.8 Å². The first-order valence-electron chi connectivity index (χ1n) is 10.1. The van der Waals surface area contributed by atoms with E-state index in [1.807, 2.05) is 19.1 Å². The molecule has 0 bridgehead atoms. The molecule has 1 aliphatic heterocycles. The van der Waals surface area contributed by atoms with Gasteiger partial charge in [0.05, 0.1) is 4.90 Å². The van der Waals surface area contributed by atoms with Crippen LogP contribution in [0.1, 0.15) is 19.4 Å². The maximum atomic E-state index is 12.9. The predicted molar refractivity (Wildman–Crippen MR) is 117 cm³/mol. The third kappa shape index (κ3) is 5.77. The van der Waals surface area contributed by atoms with Crippen LogP contribution in [-0.2, 0) is 24.3 Å². The zero-order chi connectivity index (χ0) is 23.3. The average molecular weight is 463 g/mol. The molecule has 0 unspecified atom stereocenters. The molecule has 1 aliphatic rings. The summed E-state index contributed by atoms with van der Waals surface area (Å²) in [6, 6.07) is 10.2. The van der Waals surface area contributed by atoms with Gasteiger partial charge in [0.2, 0.25) is 10.0 Å². The van der Waals surface area contributed by atoms with Crippen molar-refractivity contribution in [3.8, 4) is 11.5 Å². The van der Waals surface area contributed by atoms with E-state index in [0.717, 1.165) is 5.56 Å². The lowest BCUT2D eigenvalue weighted by molar-refractivity contribution is -0.150. The van der Waals surface area contributed by atoms with Crippen molar-refractivity contribution < 1.29 is 32.2 Å². The summed E-state index contributed by atoms with van der Waals surface area (Å²) >= 11 is 0. The van der Waals surface area contributed by atoms with Gasteiger partial charge in [0.1, 0.15) is 19.3 Å². The number of anilines is 1. The number of carbonyl (C=O) groups excluding carboxylic acids is 2. The van der Waals surface area contributed by atoms with Gasteiger partial charge < -0.3 is 19.5 Å². The maximum absolute atomic E-state index is 12.9. The lowest BCUT2D eigenvalue weighted by atomic mass is 10.1. The number of esters is 1. The average Bonchev–Trinajstić information content (AvgIpc) is 2.77. The molecule has 10 heteroatoms. The minimum absolute atomic E-state index is 0.0718. The second kappa shape index (κ2) is 10.0. The number of para-hydroxylation sites is 1. The van der Waals surface area contributed by atoms with E-state index in [1.54, 1.807) is 26.0 Å². The Labute approximate surface area is 187 Å². The molecule has 1 atom stereocenters. The quantitative estimate of drug-likeness (QED) is 0.577. The summed E-state index contributed by atoms with van der Waals surface area (Å²) in [5.74, 6) is -1.02. The van der Waals surface area contributed by atoms with Crippen LogP contribution >= 0.6 is 0 Å². The molecule has 0 saturated carbocycles. The van der Waals surface area contributed by atoms with E-state index in [-0.39, 0.29) is 4.90 Å². The highest BCUT2D eigenvalue weighted by Crippen LogP contribution is 2.32. The van der Waals surface area contributed by atoms with Crippen molar-refractivity contribution in [1.82, 2.24) is 4.72 Å². The number of rotatable bonds is 8. The molecule has 2 N–H and O–H groups in total.